The van der Waals surface area contributed by atoms with Gasteiger partial charge >= 0.3 is 5.97 Å². The summed E-state index contributed by atoms with van der Waals surface area (Å²) in [5.41, 5.74) is 0.339. The Hall–Kier alpha value is -1.82. The van der Waals surface area contributed by atoms with Gasteiger partial charge in [-0.15, -0.1) is 0 Å². The van der Waals surface area contributed by atoms with E-state index >= 15 is 0 Å². The molecule has 2 N–H and O–H groups in total. The molecule has 6 nitrogen and oxygen atoms in total. The van der Waals surface area contributed by atoms with E-state index in [1.165, 1.54) is 4.57 Å². The quantitative estimate of drug-likeness (QED) is 0.689. The van der Waals surface area contributed by atoms with Gasteiger partial charge in [0.05, 0.1) is 6.61 Å². The number of carboxylic acid groups (broad SMARTS) is 1. The van der Waals surface area contributed by atoms with E-state index in [9.17, 15) is 9.59 Å². The van der Waals surface area contributed by atoms with Crippen LogP contribution < -0.4 is 5.32 Å². The minimum Gasteiger partial charge on any atom is -0.480 e. The highest BCUT2D eigenvalue weighted by Crippen LogP contribution is 2.02. The first-order valence-corrected chi connectivity index (χ1v) is 6.23. The first-order chi connectivity index (χ1) is 9.00. The third-order valence-electron chi connectivity index (χ3n) is 2.35. The second-order valence-electron chi connectivity index (χ2n) is 4.64. The van der Waals surface area contributed by atoms with Crippen molar-refractivity contribution < 1.29 is 19.4 Å². The number of nitrogens with zero attached hydrogens (tertiary/aromatic N) is 1. The number of hydrogen-bond acceptors (Lipinski definition) is 3. The molecule has 0 saturated heterocycles. The Labute approximate surface area is 112 Å². The van der Waals surface area contributed by atoms with E-state index in [2.05, 4.69) is 19.2 Å². The molecule has 0 bridgehead atoms. The van der Waals surface area contributed by atoms with Gasteiger partial charge in [0.2, 0.25) is 0 Å². The van der Waals surface area contributed by atoms with E-state index in [1.54, 1.807) is 18.3 Å². The molecule has 1 amide bonds. The third kappa shape index (κ3) is 5.56. The lowest BCUT2D eigenvalue weighted by molar-refractivity contribution is -0.137. The van der Waals surface area contributed by atoms with Gasteiger partial charge in [-0.25, -0.2) is 0 Å². The standard InChI is InChI=1S/C13H20N2O4/c1-10(2)9-19-7-5-14-13(18)11-4-3-6-15(11)8-12(16)17/h3-4,6,10H,5,7-9H2,1-2H3,(H,14,18)(H,16,17). The van der Waals surface area contributed by atoms with Gasteiger partial charge in [0.25, 0.3) is 5.91 Å². The van der Waals surface area contributed by atoms with E-state index in [0.29, 0.717) is 31.4 Å². The molecule has 0 aliphatic carbocycles. The van der Waals surface area contributed by atoms with Crippen molar-refractivity contribution in [3.05, 3.63) is 24.0 Å². The van der Waals surface area contributed by atoms with Crippen LogP contribution in [0.5, 0.6) is 0 Å². The van der Waals surface area contributed by atoms with Crippen LogP contribution in [0.2, 0.25) is 0 Å². The van der Waals surface area contributed by atoms with Crippen molar-refractivity contribution in [3.63, 3.8) is 0 Å². The summed E-state index contributed by atoms with van der Waals surface area (Å²) in [6.45, 7) is 5.40. The van der Waals surface area contributed by atoms with Crippen molar-refractivity contribution in [3.8, 4) is 0 Å². The second-order valence-corrected chi connectivity index (χ2v) is 4.64. The van der Waals surface area contributed by atoms with Gasteiger partial charge in [0.1, 0.15) is 12.2 Å². The molecule has 0 saturated carbocycles. The summed E-state index contributed by atoms with van der Waals surface area (Å²) >= 11 is 0. The number of hydrogen-bond donors (Lipinski definition) is 2. The molecular formula is C13H20N2O4. The summed E-state index contributed by atoms with van der Waals surface area (Å²) in [6, 6.07) is 3.24. The van der Waals surface area contributed by atoms with Crippen molar-refractivity contribution in [2.24, 2.45) is 5.92 Å². The van der Waals surface area contributed by atoms with Gasteiger partial charge in [-0.2, -0.15) is 0 Å². The SMILES string of the molecule is CC(C)COCCNC(=O)c1cccn1CC(=O)O. The van der Waals surface area contributed by atoms with Crippen LogP contribution in [-0.4, -0.2) is 41.3 Å². The number of amides is 1. The van der Waals surface area contributed by atoms with Gasteiger partial charge < -0.3 is 19.7 Å². The van der Waals surface area contributed by atoms with E-state index in [0.717, 1.165) is 0 Å². The number of nitrogens with one attached hydrogen (secondary N) is 1. The maximum Gasteiger partial charge on any atom is 0.323 e. The molecule has 0 unspecified atom stereocenters. The molecular weight excluding hydrogens is 248 g/mol. The smallest absolute Gasteiger partial charge is 0.323 e. The summed E-state index contributed by atoms with van der Waals surface area (Å²) in [5.74, 6) is -0.812. The van der Waals surface area contributed by atoms with Gasteiger partial charge in [-0.3, -0.25) is 9.59 Å². The maximum absolute atomic E-state index is 11.8. The highest BCUT2D eigenvalue weighted by Gasteiger charge is 2.11. The Kier molecular flexibility index (Phi) is 6.08. The van der Waals surface area contributed by atoms with Crippen LogP contribution in [0, 0.1) is 5.92 Å². The van der Waals surface area contributed by atoms with Crippen molar-refractivity contribution in [2.75, 3.05) is 19.8 Å². The molecule has 6 heteroatoms. The van der Waals surface area contributed by atoms with Crippen LogP contribution in [0.25, 0.3) is 0 Å². The van der Waals surface area contributed by atoms with Crippen molar-refractivity contribution in [2.45, 2.75) is 20.4 Å². The lowest BCUT2D eigenvalue weighted by Gasteiger charge is -2.09. The molecule has 1 aromatic heterocycles. The lowest BCUT2D eigenvalue weighted by atomic mass is 10.2. The number of ether oxygens (including phenoxy) is 1. The van der Waals surface area contributed by atoms with Crippen molar-refractivity contribution in [1.82, 2.24) is 9.88 Å². The molecule has 1 aromatic rings. The zero-order chi connectivity index (χ0) is 14.3. The predicted octanol–water partition coefficient (Wildman–Crippen LogP) is 0.975. The third-order valence-corrected chi connectivity index (χ3v) is 2.35. The molecule has 0 aliphatic heterocycles. The number of carbonyl (C=O) groups is 2. The molecule has 0 atom stereocenters. The van der Waals surface area contributed by atoms with Crippen LogP contribution in [-0.2, 0) is 16.1 Å². The average Bonchev–Trinajstić information content (AvgIpc) is 2.75. The highest BCUT2D eigenvalue weighted by atomic mass is 16.5. The molecule has 1 rings (SSSR count). The summed E-state index contributed by atoms with van der Waals surface area (Å²) in [4.78, 5) is 22.5. The Balaban J connectivity index is 2.37. The average molecular weight is 268 g/mol. The zero-order valence-corrected chi connectivity index (χ0v) is 11.3. The largest absolute Gasteiger partial charge is 0.480 e. The van der Waals surface area contributed by atoms with E-state index < -0.39 is 5.97 Å². The number of aromatic nitrogens is 1. The predicted molar refractivity (Wildman–Crippen MR) is 70.1 cm³/mol. The Morgan fingerprint density at radius 1 is 1.47 bits per heavy atom. The van der Waals surface area contributed by atoms with Gasteiger partial charge in [0, 0.05) is 19.3 Å². The fourth-order valence-electron chi connectivity index (χ4n) is 1.55. The molecule has 1 heterocycles. The minimum absolute atomic E-state index is 0.223. The summed E-state index contributed by atoms with van der Waals surface area (Å²) in [7, 11) is 0. The second kappa shape index (κ2) is 7.58. The number of carbonyl (C=O) groups excluding carboxylic acids is 1. The molecule has 0 aromatic carbocycles. The Bertz CT molecular complexity index is 426. The van der Waals surface area contributed by atoms with Gasteiger partial charge in [0.15, 0.2) is 0 Å². The van der Waals surface area contributed by atoms with Crippen LogP contribution in [0.15, 0.2) is 18.3 Å². The summed E-state index contributed by atoms with van der Waals surface area (Å²) in [5, 5.41) is 11.4. The normalized spacial score (nSPS) is 10.7. The Morgan fingerprint density at radius 2 is 2.21 bits per heavy atom. The summed E-state index contributed by atoms with van der Waals surface area (Å²) in [6.07, 6.45) is 1.57. The minimum atomic E-state index is -0.981. The van der Waals surface area contributed by atoms with Crippen molar-refractivity contribution >= 4 is 11.9 Å². The fraction of sp³-hybridized carbons (Fsp3) is 0.538. The first kappa shape index (κ1) is 15.2. The van der Waals surface area contributed by atoms with E-state index in [1.807, 2.05) is 0 Å². The fourth-order valence-corrected chi connectivity index (χ4v) is 1.55. The van der Waals surface area contributed by atoms with Crippen LogP contribution in [0.4, 0.5) is 0 Å². The topological polar surface area (TPSA) is 80.6 Å². The number of aliphatic carboxylic acids is 1. The molecule has 19 heavy (non-hydrogen) atoms. The lowest BCUT2D eigenvalue weighted by Crippen LogP contribution is -2.30. The van der Waals surface area contributed by atoms with E-state index in [4.69, 9.17) is 9.84 Å². The van der Waals surface area contributed by atoms with Crippen LogP contribution in [0.1, 0.15) is 24.3 Å². The highest BCUT2D eigenvalue weighted by molar-refractivity contribution is 5.93. The first-order valence-electron chi connectivity index (χ1n) is 6.23. The zero-order valence-electron chi connectivity index (χ0n) is 11.3. The number of carboxylic acids is 1. The number of rotatable bonds is 8. The summed E-state index contributed by atoms with van der Waals surface area (Å²) < 4.78 is 6.74. The molecule has 0 radical (unpaired) electrons. The molecule has 0 aliphatic rings. The van der Waals surface area contributed by atoms with Gasteiger partial charge in [-0.1, -0.05) is 13.8 Å². The van der Waals surface area contributed by atoms with Gasteiger partial charge in [-0.05, 0) is 18.1 Å². The Morgan fingerprint density at radius 3 is 2.84 bits per heavy atom. The monoisotopic (exact) mass is 268 g/mol. The van der Waals surface area contributed by atoms with Crippen LogP contribution in [0.3, 0.4) is 0 Å². The molecule has 0 fully saturated rings. The van der Waals surface area contributed by atoms with E-state index in [-0.39, 0.29) is 12.5 Å². The van der Waals surface area contributed by atoms with Crippen molar-refractivity contribution in [1.29, 1.82) is 0 Å². The molecule has 0 spiro atoms. The van der Waals surface area contributed by atoms with Crippen LogP contribution >= 0.6 is 0 Å². The molecule has 106 valence electrons. The maximum atomic E-state index is 11.8.